The van der Waals surface area contributed by atoms with Crippen LogP contribution in [-0.2, 0) is 9.59 Å². The smallest absolute Gasteiger partial charge is 0.225 e. The number of carbonyl (C=O) groups is 2. The molecule has 0 bridgehead atoms. The number of amides is 2. The van der Waals surface area contributed by atoms with E-state index in [2.05, 4.69) is 36.2 Å². The van der Waals surface area contributed by atoms with E-state index >= 15 is 0 Å². The number of likely N-dealkylation sites (N-methyl/N-ethyl adjacent to an activating group) is 1. The standard InChI is InChI=1S/C19H27N3O2/c1-15(23)21-10-8-17(9-11-21)19(24)22-13-12-20(2)18(14-22)16-6-4-3-5-7-16/h3-7,17-18H,8-14H2,1-2H3. The second-order valence-electron chi connectivity index (χ2n) is 6.97. The van der Waals surface area contributed by atoms with E-state index in [-0.39, 0.29) is 23.8 Å². The summed E-state index contributed by atoms with van der Waals surface area (Å²) in [5.74, 6) is 0.456. The molecule has 0 radical (unpaired) electrons. The molecule has 1 aromatic rings. The van der Waals surface area contributed by atoms with Crippen LogP contribution in [0.1, 0.15) is 31.4 Å². The first-order valence-electron chi connectivity index (χ1n) is 8.85. The summed E-state index contributed by atoms with van der Waals surface area (Å²) in [4.78, 5) is 30.6. The summed E-state index contributed by atoms with van der Waals surface area (Å²) in [5.41, 5.74) is 1.27. The molecule has 2 aliphatic rings. The first kappa shape index (κ1) is 17.0. The second kappa shape index (κ2) is 7.34. The maximum Gasteiger partial charge on any atom is 0.225 e. The molecular formula is C19H27N3O2. The van der Waals surface area contributed by atoms with E-state index in [1.54, 1.807) is 6.92 Å². The zero-order valence-electron chi connectivity index (χ0n) is 14.6. The van der Waals surface area contributed by atoms with Crippen molar-refractivity contribution in [3.05, 3.63) is 35.9 Å². The van der Waals surface area contributed by atoms with Gasteiger partial charge in [-0.3, -0.25) is 14.5 Å². The van der Waals surface area contributed by atoms with Crippen molar-refractivity contribution in [2.75, 3.05) is 39.8 Å². The van der Waals surface area contributed by atoms with E-state index in [4.69, 9.17) is 0 Å². The summed E-state index contributed by atoms with van der Waals surface area (Å²) in [7, 11) is 2.13. The molecule has 0 aromatic heterocycles. The molecule has 5 heteroatoms. The topological polar surface area (TPSA) is 43.9 Å². The third-order valence-electron chi connectivity index (χ3n) is 5.43. The Morgan fingerprint density at radius 2 is 1.62 bits per heavy atom. The fraction of sp³-hybridized carbons (Fsp3) is 0.579. The van der Waals surface area contributed by atoms with Crippen LogP contribution in [0.4, 0.5) is 0 Å². The lowest BCUT2D eigenvalue weighted by molar-refractivity contribution is -0.142. The zero-order chi connectivity index (χ0) is 17.1. The highest BCUT2D eigenvalue weighted by Crippen LogP contribution is 2.27. The van der Waals surface area contributed by atoms with Gasteiger partial charge < -0.3 is 9.80 Å². The van der Waals surface area contributed by atoms with E-state index in [1.807, 2.05) is 15.9 Å². The van der Waals surface area contributed by atoms with Gasteiger partial charge in [-0.15, -0.1) is 0 Å². The molecule has 5 nitrogen and oxygen atoms in total. The molecule has 2 fully saturated rings. The van der Waals surface area contributed by atoms with Crippen molar-refractivity contribution in [3.63, 3.8) is 0 Å². The van der Waals surface area contributed by atoms with Gasteiger partial charge in [0.2, 0.25) is 11.8 Å². The molecule has 0 saturated carbocycles. The Bertz CT molecular complexity index is 582. The number of piperazine rings is 1. The molecule has 24 heavy (non-hydrogen) atoms. The molecule has 0 aliphatic carbocycles. The highest BCUT2D eigenvalue weighted by Gasteiger charge is 2.33. The van der Waals surface area contributed by atoms with E-state index in [1.165, 1.54) is 5.56 Å². The van der Waals surface area contributed by atoms with Gasteiger partial charge in [0.25, 0.3) is 0 Å². The van der Waals surface area contributed by atoms with Crippen molar-refractivity contribution < 1.29 is 9.59 Å². The predicted octanol–water partition coefficient (Wildman–Crippen LogP) is 1.76. The number of carbonyl (C=O) groups excluding carboxylic acids is 2. The van der Waals surface area contributed by atoms with Gasteiger partial charge in [-0.05, 0) is 25.5 Å². The molecule has 1 unspecified atom stereocenters. The Balaban J connectivity index is 1.63. The lowest BCUT2D eigenvalue weighted by Crippen LogP contribution is -2.52. The molecule has 1 aromatic carbocycles. The Morgan fingerprint density at radius 1 is 0.958 bits per heavy atom. The van der Waals surface area contributed by atoms with Crippen LogP contribution < -0.4 is 0 Å². The van der Waals surface area contributed by atoms with Gasteiger partial charge in [0, 0.05) is 45.6 Å². The molecule has 130 valence electrons. The first-order chi connectivity index (χ1) is 11.6. The van der Waals surface area contributed by atoms with Crippen LogP contribution in [0.2, 0.25) is 0 Å². The van der Waals surface area contributed by atoms with Crippen LogP contribution >= 0.6 is 0 Å². The fourth-order valence-corrected chi connectivity index (χ4v) is 3.81. The largest absolute Gasteiger partial charge is 0.343 e. The molecule has 2 amide bonds. The Labute approximate surface area is 144 Å². The molecule has 0 spiro atoms. The molecule has 2 heterocycles. The lowest BCUT2D eigenvalue weighted by Gasteiger charge is -2.42. The van der Waals surface area contributed by atoms with Gasteiger partial charge in [-0.2, -0.15) is 0 Å². The Kier molecular flexibility index (Phi) is 5.19. The maximum absolute atomic E-state index is 12.9. The number of hydrogen-bond donors (Lipinski definition) is 0. The van der Waals surface area contributed by atoms with Crippen molar-refractivity contribution in [2.24, 2.45) is 5.92 Å². The van der Waals surface area contributed by atoms with Gasteiger partial charge in [-0.1, -0.05) is 30.3 Å². The SMILES string of the molecule is CC(=O)N1CCC(C(=O)N2CCN(C)C(c3ccccc3)C2)CC1. The second-order valence-corrected chi connectivity index (χ2v) is 6.97. The highest BCUT2D eigenvalue weighted by atomic mass is 16.2. The summed E-state index contributed by atoms with van der Waals surface area (Å²) in [6, 6.07) is 10.7. The molecule has 1 atom stereocenters. The third kappa shape index (κ3) is 3.61. The number of rotatable bonds is 2. The van der Waals surface area contributed by atoms with Gasteiger partial charge in [0.1, 0.15) is 0 Å². The van der Waals surface area contributed by atoms with E-state index in [0.29, 0.717) is 13.1 Å². The normalized spacial score (nSPS) is 23.3. The minimum atomic E-state index is 0.0698. The average molecular weight is 329 g/mol. The van der Waals surface area contributed by atoms with Crippen molar-refractivity contribution in [1.29, 1.82) is 0 Å². The third-order valence-corrected chi connectivity index (χ3v) is 5.43. The van der Waals surface area contributed by atoms with Gasteiger partial charge in [0.15, 0.2) is 0 Å². The van der Waals surface area contributed by atoms with Crippen molar-refractivity contribution in [2.45, 2.75) is 25.8 Å². The van der Waals surface area contributed by atoms with Crippen LogP contribution in [0.15, 0.2) is 30.3 Å². The van der Waals surface area contributed by atoms with E-state index in [0.717, 1.165) is 32.5 Å². The fourth-order valence-electron chi connectivity index (χ4n) is 3.81. The number of benzene rings is 1. The number of likely N-dealkylation sites (tertiary alicyclic amines) is 1. The lowest BCUT2D eigenvalue weighted by atomic mass is 9.94. The van der Waals surface area contributed by atoms with Crippen molar-refractivity contribution in [3.8, 4) is 0 Å². The van der Waals surface area contributed by atoms with E-state index in [9.17, 15) is 9.59 Å². The van der Waals surface area contributed by atoms with Gasteiger partial charge >= 0.3 is 0 Å². The minimum absolute atomic E-state index is 0.0698. The molecule has 2 aliphatic heterocycles. The minimum Gasteiger partial charge on any atom is -0.343 e. The molecular weight excluding hydrogens is 302 g/mol. The average Bonchev–Trinajstić information content (AvgIpc) is 2.62. The van der Waals surface area contributed by atoms with Crippen LogP contribution in [0.25, 0.3) is 0 Å². The number of hydrogen-bond acceptors (Lipinski definition) is 3. The number of nitrogens with zero attached hydrogens (tertiary/aromatic N) is 3. The summed E-state index contributed by atoms with van der Waals surface area (Å²) >= 11 is 0. The molecule has 0 N–H and O–H groups in total. The summed E-state index contributed by atoms with van der Waals surface area (Å²) in [5, 5.41) is 0. The Morgan fingerprint density at radius 3 is 2.25 bits per heavy atom. The summed E-state index contributed by atoms with van der Waals surface area (Å²) in [6.07, 6.45) is 1.58. The van der Waals surface area contributed by atoms with Gasteiger partial charge in [0.05, 0.1) is 6.04 Å². The summed E-state index contributed by atoms with van der Waals surface area (Å²) in [6.45, 7) is 5.48. The number of piperidine rings is 1. The first-order valence-corrected chi connectivity index (χ1v) is 8.85. The maximum atomic E-state index is 12.9. The van der Waals surface area contributed by atoms with Crippen LogP contribution in [0.3, 0.4) is 0 Å². The molecule has 3 rings (SSSR count). The molecule has 2 saturated heterocycles. The van der Waals surface area contributed by atoms with Crippen LogP contribution in [0, 0.1) is 5.92 Å². The van der Waals surface area contributed by atoms with Crippen LogP contribution in [-0.4, -0.2) is 66.3 Å². The highest BCUT2D eigenvalue weighted by molar-refractivity contribution is 5.80. The zero-order valence-corrected chi connectivity index (χ0v) is 14.6. The van der Waals surface area contributed by atoms with Crippen molar-refractivity contribution >= 4 is 11.8 Å². The van der Waals surface area contributed by atoms with E-state index < -0.39 is 0 Å². The Hall–Kier alpha value is -1.88. The summed E-state index contributed by atoms with van der Waals surface area (Å²) < 4.78 is 0. The van der Waals surface area contributed by atoms with Gasteiger partial charge in [-0.25, -0.2) is 0 Å². The monoisotopic (exact) mass is 329 g/mol. The van der Waals surface area contributed by atoms with Crippen LogP contribution in [0.5, 0.6) is 0 Å². The predicted molar refractivity (Wildman–Crippen MR) is 93.4 cm³/mol. The quantitative estimate of drug-likeness (QED) is 0.830. The van der Waals surface area contributed by atoms with Crippen molar-refractivity contribution in [1.82, 2.24) is 14.7 Å².